The highest BCUT2D eigenvalue weighted by molar-refractivity contribution is 6.06. The van der Waals surface area contributed by atoms with Crippen molar-refractivity contribution in [1.82, 2.24) is 4.90 Å². The molecule has 0 N–H and O–H groups in total. The first-order valence-electron chi connectivity index (χ1n) is 9.00. The van der Waals surface area contributed by atoms with E-state index >= 15 is 0 Å². The molecular weight excluding hydrogens is 330 g/mol. The van der Waals surface area contributed by atoms with Crippen molar-refractivity contribution in [3.63, 3.8) is 0 Å². The maximum Gasteiger partial charge on any atom is 0.339 e. The number of methoxy groups -OCH3 is 1. The second-order valence-electron chi connectivity index (χ2n) is 7.18. The number of fused-ring (bicyclic) bond motifs is 1. The van der Waals surface area contributed by atoms with E-state index < -0.39 is 5.97 Å². The smallest absolute Gasteiger partial charge is 0.339 e. The lowest BCUT2D eigenvalue weighted by atomic mass is 9.92. The van der Waals surface area contributed by atoms with Crippen LogP contribution < -0.4 is 4.74 Å². The summed E-state index contributed by atoms with van der Waals surface area (Å²) in [6.45, 7) is 5.52. The van der Waals surface area contributed by atoms with Crippen LogP contribution in [0.3, 0.4) is 0 Å². The van der Waals surface area contributed by atoms with Crippen LogP contribution in [0.25, 0.3) is 10.8 Å². The molecule has 26 heavy (non-hydrogen) atoms. The van der Waals surface area contributed by atoms with Gasteiger partial charge in [-0.25, -0.2) is 4.79 Å². The summed E-state index contributed by atoms with van der Waals surface area (Å²) in [7, 11) is 1.60. The van der Waals surface area contributed by atoms with Crippen LogP contribution in [0, 0.1) is 11.8 Å². The Bertz CT molecular complexity index is 807. The summed E-state index contributed by atoms with van der Waals surface area (Å²) < 4.78 is 10.7. The van der Waals surface area contributed by atoms with E-state index in [0.29, 0.717) is 23.1 Å². The van der Waals surface area contributed by atoms with E-state index in [9.17, 15) is 9.59 Å². The Morgan fingerprint density at radius 1 is 1.04 bits per heavy atom. The van der Waals surface area contributed by atoms with E-state index in [0.717, 1.165) is 30.3 Å². The van der Waals surface area contributed by atoms with Crippen molar-refractivity contribution >= 4 is 22.6 Å². The summed E-state index contributed by atoms with van der Waals surface area (Å²) in [5, 5.41) is 1.60. The first-order chi connectivity index (χ1) is 12.5. The van der Waals surface area contributed by atoms with E-state index in [1.54, 1.807) is 24.1 Å². The number of carbonyl (C=O) groups is 2. The average molecular weight is 355 g/mol. The van der Waals surface area contributed by atoms with E-state index in [-0.39, 0.29) is 12.5 Å². The number of hydrogen-bond acceptors (Lipinski definition) is 4. The molecule has 1 saturated heterocycles. The second kappa shape index (κ2) is 7.77. The van der Waals surface area contributed by atoms with Crippen LogP contribution in [-0.4, -0.2) is 43.6 Å². The van der Waals surface area contributed by atoms with Crippen LogP contribution in [-0.2, 0) is 9.53 Å². The van der Waals surface area contributed by atoms with Crippen LogP contribution in [0.15, 0.2) is 36.4 Å². The van der Waals surface area contributed by atoms with Crippen molar-refractivity contribution in [2.24, 2.45) is 11.8 Å². The molecule has 1 aliphatic rings. The van der Waals surface area contributed by atoms with Gasteiger partial charge in [0.2, 0.25) is 0 Å². The van der Waals surface area contributed by atoms with Gasteiger partial charge in [0.05, 0.1) is 12.7 Å². The molecule has 0 radical (unpaired) electrons. The zero-order valence-corrected chi connectivity index (χ0v) is 15.5. The molecule has 138 valence electrons. The van der Waals surface area contributed by atoms with E-state index in [2.05, 4.69) is 13.8 Å². The third-order valence-corrected chi connectivity index (χ3v) is 4.87. The van der Waals surface area contributed by atoms with Crippen LogP contribution in [0.4, 0.5) is 0 Å². The molecule has 0 bridgehead atoms. The van der Waals surface area contributed by atoms with Crippen LogP contribution >= 0.6 is 0 Å². The van der Waals surface area contributed by atoms with Crippen molar-refractivity contribution in [2.75, 3.05) is 26.8 Å². The number of benzene rings is 2. The number of carbonyl (C=O) groups excluding carboxylic acids is 2. The maximum absolute atomic E-state index is 12.5. The van der Waals surface area contributed by atoms with Crippen LogP contribution in [0.1, 0.15) is 30.6 Å². The molecule has 2 aromatic rings. The lowest BCUT2D eigenvalue weighted by Crippen LogP contribution is -2.44. The summed E-state index contributed by atoms with van der Waals surface area (Å²) >= 11 is 0. The minimum Gasteiger partial charge on any atom is -0.496 e. The Kier molecular flexibility index (Phi) is 5.45. The molecule has 1 aliphatic heterocycles. The Labute approximate surface area is 153 Å². The Hall–Kier alpha value is -2.56. The van der Waals surface area contributed by atoms with E-state index in [4.69, 9.17) is 9.47 Å². The molecule has 2 atom stereocenters. The molecule has 5 nitrogen and oxygen atoms in total. The SMILES string of the molecule is COc1ccc(C(=O)OCC(=O)N2C[C@@H](C)C[C@H](C)C2)c2ccccc12. The number of piperidine rings is 1. The molecule has 0 aromatic heterocycles. The van der Waals surface area contributed by atoms with Crippen molar-refractivity contribution in [1.29, 1.82) is 0 Å². The van der Waals surface area contributed by atoms with Crippen LogP contribution in [0.2, 0.25) is 0 Å². The fourth-order valence-corrected chi connectivity index (χ4v) is 3.79. The minimum atomic E-state index is -0.490. The minimum absolute atomic E-state index is 0.130. The summed E-state index contributed by atoms with van der Waals surface area (Å²) in [4.78, 5) is 26.8. The first kappa shape index (κ1) is 18.2. The lowest BCUT2D eigenvalue weighted by Gasteiger charge is -2.34. The highest BCUT2D eigenvalue weighted by Crippen LogP contribution is 2.28. The predicted octanol–water partition coefficient (Wildman–Crippen LogP) is 3.51. The lowest BCUT2D eigenvalue weighted by molar-refractivity contribution is -0.137. The fraction of sp³-hybridized carbons (Fsp3) is 0.429. The van der Waals surface area contributed by atoms with Crippen molar-refractivity contribution in [3.8, 4) is 5.75 Å². The summed E-state index contributed by atoms with van der Waals surface area (Å²) in [6, 6.07) is 10.9. The molecule has 1 amide bonds. The van der Waals surface area contributed by atoms with Gasteiger partial charge in [0, 0.05) is 18.5 Å². The van der Waals surface area contributed by atoms with Crippen molar-refractivity contribution < 1.29 is 19.1 Å². The van der Waals surface area contributed by atoms with Crippen molar-refractivity contribution in [2.45, 2.75) is 20.3 Å². The van der Waals surface area contributed by atoms with Gasteiger partial charge < -0.3 is 14.4 Å². The Morgan fingerprint density at radius 2 is 1.69 bits per heavy atom. The fourth-order valence-electron chi connectivity index (χ4n) is 3.79. The average Bonchev–Trinajstić information content (AvgIpc) is 2.64. The van der Waals surface area contributed by atoms with Gasteiger partial charge in [-0.15, -0.1) is 0 Å². The second-order valence-corrected chi connectivity index (χ2v) is 7.18. The number of likely N-dealkylation sites (tertiary alicyclic amines) is 1. The highest BCUT2D eigenvalue weighted by Gasteiger charge is 2.26. The summed E-state index contributed by atoms with van der Waals surface area (Å²) in [5.74, 6) is 1.03. The van der Waals surface area contributed by atoms with Gasteiger partial charge in [0.1, 0.15) is 5.75 Å². The Morgan fingerprint density at radius 3 is 2.35 bits per heavy atom. The van der Waals surface area contributed by atoms with E-state index in [1.165, 1.54) is 0 Å². The first-order valence-corrected chi connectivity index (χ1v) is 9.00. The molecule has 1 heterocycles. The number of rotatable bonds is 4. The summed E-state index contributed by atoms with van der Waals surface area (Å²) in [5.41, 5.74) is 0.439. The molecule has 0 saturated carbocycles. The van der Waals surface area contributed by atoms with Gasteiger partial charge in [-0.05, 0) is 35.8 Å². The number of ether oxygens (including phenoxy) is 2. The Balaban J connectivity index is 1.71. The van der Waals surface area contributed by atoms with Gasteiger partial charge in [-0.2, -0.15) is 0 Å². The van der Waals surface area contributed by atoms with Crippen LogP contribution in [0.5, 0.6) is 5.75 Å². The van der Waals surface area contributed by atoms with Gasteiger partial charge in [0.25, 0.3) is 5.91 Å². The number of amides is 1. The van der Waals surface area contributed by atoms with E-state index in [1.807, 2.05) is 24.3 Å². The largest absolute Gasteiger partial charge is 0.496 e. The van der Waals surface area contributed by atoms with Gasteiger partial charge in [-0.3, -0.25) is 4.79 Å². The molecule has 0 spiro atoms. The third-order valence-electron chi connectivity index (χ3n) is 4.87. The summed E-state index contributed by atoms with van der Waals surface area (Å²) in [6.07, 6.45) is 1.13. The van der Waals surface area contributed by atoms with Gasteiger partial charge in [0.15, 0.2) is 6.61 Å². The normalized spacial score (nSPS) is 20.0. The highest BCUT2D eigenvalue weighted by atomic mass is 16.5. The standard InChI is InChI=1S/C21H25NO4/c1-14-10-15(2)12-22(11-14)20(23)13-26-21(24)18-8-9-19(25-3)17-7-5-4-6-16(17)18/h4-9,14-15H,10-13H2,1-3H3/t14-,15-/m0/s1. The number of esters is 1. The molecule has 1 fully saturated rings. The molecule has 0 unspecified atom stereocenters. The maximum atomic E-state index is 12.5. The molecule has 5 heteroatoms. The third kappa shape index (κ3) is 3.82. The molecule has 2 aromatic carbocycles. The zero-order valence-electron chi connectivity index (χ0n) is 15.5. The van der Waals surface area contributed by atoms with Gasteiger partial charge >= 0.3 is 5.97 Å². The van der Waals surface area contributed by atoms with Gasteiger partial charge in [-0.1, -0.05) is 38.1 Å². The molecular formula is C21H25NO4. The number of nitrogens with zero attached hydrogens (tertiary/aromatic N) is 1. The molecule has 3 rings (SSSR count). The number of hydrogen-bond donors (Lipinski definition) is 0. The van der Waals surface area contributed by atoms with Crippen molar-refractivity contribution in [3.05, 3.63) is 42.0 Å². The zero-order chi connectivity index (χ0) is 18.7. The topological polar surface area (TPSA) is 55.8 Å². The predicted molar refractivity (Wildman–Crippen MR) is 100 cm³/mol. The molecule has 0 aliphatic carbocycles. The quantitative estimate of drug-likeness (QED) is 0.788. The monoisotopic (exact) mass is 355 g/mol.